The molecule has 4 nitrogen and oxygen atoms in total. The highest BCUT2D eigenvalue weighted by Gasteiger charge is 2.19. The van der Waals surface area contributed by atoms with E-state index in [4.69, 9.17) is 14.2 Å². The summed E-state index contributed by atoms with van der Waals surface area (Å²) in [7, 11) is 0. The highest BCUT2D eigenvalue weighted by atomic mass is 79.9. The van der Waals surface area contributed by atoms with Crippen LogP contribution in [0.5, 0.6) is 0 Å². The maximum absolute atomic E-state index is 12.1. The summed E-state index contributed by atoms with van der Waals surface area (Å²) in [5, 5.41) is 6.01. The summed E-state index contributed by atoms with van der Waals surface area (Å²) in [6.07, 6.45) is 7.77. The molecule has 0 aliphatic carbocycles. The van der Waals surface area contributed by atoms with Crippen molar-refractivity contribution in [3.05, 3.63) is 65.6 Å². The van der Waals surface area contributed by atoms with Gasteiger partial charge in [0.2, 0.25) is 0 Å². The average molecular weight is 602 g/mol. The first-order valence-electron chi connectivity index (χ1n) is 12.3. The van der Waals surface area contributed by atoms with E-state index in [1.807, 2.05) is 29.0 Å². The van der Waals surface area contributed by atoms with Crippen LogP contribution in [0.3, 0.4) is 0 Å². The molecule has 0 saturated carbocycles. The van der Waals surface area contributed by atoms with Gasteiger partial charge in [-0.25, -0.2) is 4.79 Å². The Bertz CT molecular complexity index is 903. The van der Waals surface area contributed by atoms with Gasteiger partial charge in [0.1, 0.15) is 6.10 Å². The van der Waals surface area contributed by atoms with E-state index in [2.05, 4.69) is 54.2 Å². The van der Waals surface area contributed by atoms with Gasteiger partial charge in [-0.3, -0.25) is 0 Å². The Morgan fingerprint density at radius 1 is 0.971 bits per heavy atom. The van der Waals surface area contributed by atoms with Crippen LogP contribution in [0.4, 0.5) is 0 Å². The molecule has 0 spiro atoms. The number of carbonyl (C=O) groups is 1. The number of halogens is 1. The molecule has 1 aliphatic rings. The van der Waals surface area contributed by atoms with Crippen molar-refractivity contribution in [1.82, 2.24) is 0 Å². The third-order valence-corrected chi connectivity index (χ3v) is 8.56. The van der Waals surface area contributed by atoms with Crippen molar-refractivity contribution >= 4 is 55.9 Å². The molecule has 8 heteroatoms. The maximum Gasteiger partial charge on any atom is 0.340 e. The van der Waals surface area contributed by atoms with Gasteiger partial charge in [-0.2, -0.15) is 0 Å². The second-order valence-corrected chi connectivity index (χ2v) is 12.5. The normalized spacial score (nSPS) is 13.9. The third-order valence-electron chi connectivity index (χ3n) is 5.18. The zero-order valence-corrected chi connectivity index (χ0v) is 24.9. The number of hydrogen-bond acceptors (Lipinski definition) is 7. The fourth-order valence-electron chi connectivity index (χ4n) is 3.28. The number of aryl methyl sites for hydroxylation is 1. The van der Waals surface area contributed by atoms with Crippen LogP contribution in [0.1, 0.15) is 85.2 Å². The number of hydrogen-bond donors (Lipinski definition) is 0. The number of ether oxygens (including phenoxy) is 3. The summed E-state index contributed by atoms with van der Waals surface area (Å²) in [4.78, 5) is 14.6. The Hall–Kier alpha value is -1.03. The fourth-order valence-corrected chi connectivity index (χ4v) is 5.75. The first kappa shape index (κ1) is 30.2. The summed E-state index contributed by atoms with van der Waals surface area (Å²) in [6.45, 7) is 7.91. The van der Waals surface area contributed by atoms with Crippen LogP contribution in [0, 0.1) is 6.92 Å². The van der Waals surface area contributed by atoms with Gasteiger partial charge in [-0.15, -0.1) is 34.0 Å². The lowest BCUT2D eigenvalue weighted by atomic mass is 10.1. The molecular weight excluding hydrogens is 564 g/mol. The van der Waals surface area contributed by atoms with Gasteiger partial charge in [0, 0.05) is 4.88 Å². The Balaban J connectivity index is 0.000000220. The van der Waals surface area contributed by atoms with E-state index >= 15 is 0 Å². The van der Waals surface area contributed by atoms with Crippen molar-refractivity contribution in [2.24, 2.45) is 0 Å². The molecule has 1 fully saturated rings. The second kappa shape index (κ2) is 18.3. The van der Waals surface area contributed by atoms with Gasteiger partial charge in [-0.1, -0.05) is 51.7 Å². The number of esters is 1. The van der Waals surface area contributed by atoms with E-state index in [0.717, 1.165) is 54.0 Å². The van der Waals surface area contributed by atoms with Crippen molar-refractivity contribution in [2.75, 3.05) is 13.2 Å². The molecule has 3 aromatic rings. The number of rotatable bonds is 10. The minimum Gasteiger partial charge on any atom is -0.459 e. The van der Waals surface area contributed by atoms with Crippen molar-refractivity contribution in [2.45, 2.75) is 78.1 Å². The van der Waals surface area contributed by atoms with Gasteiger partial charge in [-0.05, 0) is 76.5 Å². The minimum atomic E-state index is -0.189. The maximum atomic E-state index is 12.1. The van der Waals surface area contributed by atoms with Crippen molar-refractivity contribution in [3.63, 3.8) is 0 Å². The molecule has 1 unspecified atom stereocenters. The zero-order valence-electron chi connectivity index (χ0n) is 20.9. The lowest BCUT2D eigenvalue weighted by Crippen LogP contribution is -2.18. The molecule has 0 amide bonds. The molecule has 0 radical (unpaired) electrons. The summed E-state index contributed by atoms with van der Waals surface area (Å²) in [6, 6.07) is 10.0. The lowest BCUT2D eigenvalue weighted by Gasteiger charge is -2.17. The summed E-state index contributed by atoms with van der Waals surface area (Å²) >= 11 is 8.35. The van der Waals surface area contributed by atoms with Crippen molar-refractivity contribution in [3.8, 4) is 0 Å². The largest absolute Gasteiger partial charge is 0.459 e. The highest BCUT2D eigenvalue weighted by Crippen LogP contribution is 2.27. The minimum absolute atomic E-state index is 0.0748. The number of thiophene rings is 3. The molecule has 0 bridgehead atoms. The van der Waals surface area contributed by atoms with Gasteiger partial charge < -0.3 is 14.2 Å². The highest BCUT2D eigenvalue weighted by molar-refractivity contribution is 9.11. The first-order valence-corrected chi connectivity index (χ1v) is 15.7. The molecule has 4 rings (SSSR count). The SMILES string of the molecule is CCCCCC(CCCC)OC(=O)c1ccsc1Br.Cc1cccs1.c1csc(C2OCCO2)c1. The Morgan fingerprint density at radius 3 is 2.17 bits per heavy atom. The zero-order chi connectivity index (χ0) is 25.3. The monoisotopic (exact) mass is 600 g/mol. The molecule has 1 saturated heterocycles. The molecule has 0 N–H and O–H groups in total. The molecule has 0 aromatic carbocycles. The molecule has 3 aromatic heterocycles. The molecule has 35 heavy (non-hydrogen) atoms. The molecular formula is C27H37BrO4S3. The van der Waals surface area contributed by atoms with Gasteiger partial charge >= 0.3 is 5.97 Å². The molecule has 1 aliphatic heterocycles. The Labute approximate surface area is 230 Å². The quantitative estimate of drug-likeness (QED) is 0.171. The van der Waals surface area contributed by atoms with Crippen molar-refractivity contribution in [1.29, 1.82) is 0 Å². The van der Waals surface area contributed by atoms with Crippen molar-refractivity contribution < 1.29 is 19.0 Å². The van der Waals surface area contributed by atoms with Crippen LogP contribution in [0.2, 0.25) is 0 Å². The van der Waals surface area contributed by atoms with E-state index in [9.17, 15) is 4.79 Å². The molecule has 1 atom stereocenters. The van der Waals surface area contributed by atoms with Crippen LogP contribution >= 0.6 is 49.9 Å². The van der Waals surface area contributed by atoms with Crippen LogP contribution in [-0.2, 0) is 14.2 Å². The van der Waals surface area contributed by atoms with Gasteiger partial charge in [0.05, 0.1) is 27.4 Å². The number of carbonyl (C=O) groups excluding carboxylic acids is 1. The average Bonchev–Trinajstić information content (AvgIpc) is 3.66. The summed E-state index contributed by atoms with van der Waals surface area (Å²) < 4.78 is 17.1. The smallest absolute Gasteiger partial charge is 0.340 e. The van der Waals surface area contributed by atoms with Crippen LogP contribution in [-0.4, -0.2) is 25.3 Å². The molecule has 4 heterocycles. The van der Waals surface area contributed by atoms with E-state index in [1.165, 1.54) is 29.1 Å². The van der Waals surface area contributed by atoms with Crippen LogP contribution in [0.25, 0.3) is 0 Å². The first-order chi connectivity index (χ1) is 17.0. The van der Waals surface area contributed by atoms with E-state index in [0.29, 0.717) is 5.56 Å². The lowest BCUT2D eigenvalue weighted by molar-refractivity contribution is -0.0413. The number of unbranched alkanes of at least 4 members (excludes halogenated alkanes) is 3. The fraction of sp³-hybridized carbons (Fsp3) is 0.519. The Kier molecular flexibility index (Phi) is 15.7. The second-order valence-electron chi connectivity index (χ2n) is 8.09. The topological polar surface area (TPSA) is 44.8 Å². The standard InChI is InChI=1S/C15H23BrO2S.C7H8O2S.C5H6S/c1-3-5-7-9-12(8-6-4-2)18-15(17)13-10-11-19-14(13)16;1-2-6(10-5-1)7-8-3-4-9-7;1-5-3-2-4-6-5/h10-12H,3-9H2,1-2H3;1-2,5,7H,3-4H2;2-4H,1H3. The van der Waals surface area contributed by atoms with E-state index in [1.54, 1.807) is 22.7 Å². The summed E-state index contributed by atoms with van der Waals surface area (Å²) in [5.41, 5.74) is 0.655. The van der Waals surface area contributed by atoms with E-state index < -0.39 is 0 Å². The third kappa shape index (κ3) is 12.2. The van der Waals surface area contributed by atoms with Crippen LogP contribution < -0.4 is 0 Å². The van der Waals surface area contributed by atoms with E-state index in [-0.39, 0.29) is 18.4 Å². The predicted molar refractivity (Wildman–Crippen MR) is 153 cm³/mol. The Morgan fingerprint density at radius 2 is 1.66 bits per heavy atom. The van der Waals surface area contributed by atoms with Gasteiger partial charge in [0.15, 0.2) is 6.29 Å². The van der Waals surface area contributed by atoms with Crippen LogP contribution in [0.15, 0.2) is 50.3 Å². The predicted octanol–water partition coefficient (Wildman–Crippen LogP) is 9.66. The molecule has 194 valence electrons. The van der Waals surface area contributed by atoms with Gasteiger partial charge in [0.25, 0.3) is 0 Å². The summed E-state index contributed by atoms with van der Waals surface area (Å²) in [5.74, 6) is -0.189.